The van der Waals surface area contributed by atoms with Crippen LogP contribution >= 0.6 is 22.9 Å². The minimum Gasteiger partial charge on any atom is -0.348 e. The molecule has 0 aliphatic rings. The zero-order chi connectivity index (χ0) is 20.8. The minimum absolute atomic E-state index is 0.0925. The van der Waals surface area contributed by atoms with Crippen molar-refractivity contribution in [3.63, 3.8) is 0 Å². The molecule has 1 atom stereocenters. The number of hydrogen-bond donors (Lipinski definition) is 2. The molecule has 3 aromatic rings. The van der Waals surface area contributed by atoms with Crippen molar-refractivity contribution in [2.24, 2.45) is 5.92 Å². The molecular formula is C21H21ClN4O2S. The summed E-state index contributed by atoms with van der Waals surface area (Å²) in [5.74, 6) is -0.732. The molecule has 150 valence electrons. The lowest BCUT2D eigenvalue weighted by Crippen LogP contribution is -2.49. The van der Waals surface area contributed by atoms with Crippen molar-refractivity contribution in [2.45, 2.75) is 26.4 Å². The van der Waals surface area contributed by atoms with Crippen LogP contribution in [0.2, 0.25) is 5.02 Å². The molecule has 0 fully saturated rings. The third kappa shape index (κ3) is 5.40. The van der Waals surface area contributed by atoms with E-state index in [9.17, 15) is 9.59 Å². The molecule has 29 heavy (non-hydrogen) atoms. The molecule has 2 amide bonds. The Morgan fingerprint density at radius 1 is 1.14 bits per heavy atom. The number of aromatic nitrogens is 2. The van der Waals surface area contributed by atoms with E-state index >= 15 is 0 Å². The highest BCUT2D eigenvalue weighted by Gasteiger charge is 2.25. The van der Waals surface area contributed by atoms with E-state index < -0.39 is 6.04 Å². The number of hydrogen-bond acceptors (Lipinski definition) is 5. The van der Waals surface area contributed by atoms with E-state index in [1.807, 2.05) is 31.4 Å². The van der Waals surface area contributed by atoms with Crippen molar-refractivity contribution < 1.29 is 9.59 Å². The quantitative estimate of drug-likeness (QED) is 0.597. The SMILES string of the molecule is CC(C)C(NC(=O)c1ccccc1Cl)C(=O)NCc1nc(-c2ccncc2)cs1. The van der Waals surface area contributed by atoms with E-state index in [0.29, 0.717) is 17.1 Å². The van der Waals surface area contributed by atoms with Crippen molar-refractivity contribution in [3.05, 3.63) is 69.8 Å². The normalized spacial score (nSPS) is 11.9. The number of rotatable bonds is 7. The average molecular weight is 429 g/mol. The predicted octanol–water partition coefficient (Wildman–Crippen LogP) is 3.93. The van der Waals surface area contributed by atoms with Crippen LogP contribution in [0.15, 0.2) is 54.2 Å². The van der Waals surface area contributed by atoms with Gasteiger partial charge >= 0.3 is 0 Å². The molecule has 0 bridgehead atoms. The van der Waals surface area contributed by atoms with Gasteiger partial charge in [0, 0.05) is 23.3 Å². The number of carbonyl (C=O) groups excluding carboxylic acids is 2. The van der Waals surface area contributed by atoms with Crippen LogP contribution in [-0.2, 0) is 11.3 Å². The molecule has 8 heteroatoms. The maximum Gasteiger partial charge on any atom is 0.253 e. The number of benzene rings is 1. The summed E-state index contributed by atoms with van der Waals surface area (Å²) >= 11 is 7.55. The van der Waals surface area contributed by atoms with Gasteiger partial charge in [0.15, 0.2) is 0 Å². The van der Waals surface area contributed by atoms with Crippen molar-refractivity contribution in [1.82, 2.24) is 20.6 Å². The number of thiazole rings is 1. The molecule has 0 aliphatic heterocycles. The van der Waals surface area contributed by atoms with Gasteiger partial charge in [-0.15, -0.1) is 11.3 Å². The first-order valence-electron chi connectivity index (χ1n) is 9.13. The summed E-state index contributed by atoms with van der Waals surface area (Å²) in [7, 11) is 0. The van der Waals surface area contributed by atoms with E-state index in [1.165, 1.54) is 11.3 Å². The molecule has 2 heterocycles. The molecular weight excluding hydrogens is 408 g/mol. The Bertz CT molecular complexity index is 991. The maximum atomic E-state index is 12.7. The Kier molecular flexibility index (Phi) is 6.95. The highest BCUT2D eigenvalue weighted by Crippen LogP contribution is 2.21. The molecule has 0 saturated heterocycles. The number of carbonyl (C=O) groups is 2. The highest BCUT2D eigenvalue weighted by atomic mass is 35.5. The second-order valence-electron chi connectivity index (χ2n) is 6.76. The fourth-order valence-electron chi connectivity index (χ4n) is 2.72. The monoisotopic (exact) mass is 428 g/mol. The van der Waals surface area contributed by atoms with E-state index in [0.717, 1.165) is 16.3 Å². The van der Waals surface area contributed by atoms with Crippen LogP contribution in [0.3, 0.4) is 0 Å². The molecule has 3 rings (SSSR count). The molecule has 6 nitrogen and oxygen atoms in total. The Morgan fingerprint density at radius 2 is 1.86 bits per heavy atom. The molecule has 0 radical (unpaired) electrons. The first-order valence-corrected chi connectivity index (χ1v) is 10.4. The van der Waals surface area contributed by atoms with Gasteiger partial charge in [-0.05, 0) is 30.2 Å². The van der Waals surface area contributed by atoms with Gasteiger partial charge in [0.05, 0.1) is 22.8 Å². The lowest BCUT2D eigenvalue weighted by atomic mass is 10.0. The van der Waals surface area contributed by atoms with Crippen LogP contribution in [0.4, 0.5) is 0 Å². The van der Waals surface area contributed by atoms with Crippen LogP contribution in [-0.4, -0.2) is 27.8 Å². The number of amides is 2. The van der Waals surface area contributed by atoms with Crippen molar-refractivity contribution in [2.75, 3.05) is 0 Å². The average Bonchev–Trinajstić information content (AvgIpc) is 3.20. The molecule has 2 N–H and O–H groups in total. The van der Waals surface area contributed by atoms with Gasteiger partial charge in [-0.3, -0.25) is 14.6 Å². The molecule has 0 saturated carbocycles. The predicted molar refractivity (Wildman–Crippen MR) is 115 cm³/mol. The van der Waals surface area contributed by atoms with Gasteiger partial charge in [0.1, 0.15) is 11.0 Å². The second-order valence-corrected chi connectivity index (χ2v) is 8.11. The van der Waals surface area contributed by atoms with Crippen molar-refractivity contribution in [1.29, 1.82) is 0 Å². The van der Waals surface area contributed by atoms with E-state index in [-0.39, 0.29) is 17.7 Å². The van der Waals surface area contributed by atoms with Gasteiger partial charge in [-0.25, -0.2) is 4.98 Å². The van der Waals surface area contributed by atoms with Gasteiger partial charge in [0.2, 0.25) is 5.91 Å². The Hall–Kier alpha value is -2.77. The number of nitrogens with one attached hydrogen (secondary N) is 2. The zero-order valence-electron chi connectivity index (χ0n) is 16.1. The Balaban J connectivity index is 1.62. The summed E-state index contributed by atoms with van der Waals surface area (Å²) < 4.78 is 0. The van der Waals surface area contributed by atoms with E-state index in [1.54, 1.807) is 36.7 Å². The summed E-state index contributed by atoms with van der Waals surface area (Å²) in [6.07, 6.45) is 3.43. The highest BCUT2D eigenvalue weighted by molar-refractivity contribution is 7.09. The maximum absolute atomic E-state index is 12.7. The fraction of sp³-hybridized carbons (Fsp3) is 0.238. The van der Waals surface area contributed by atoms with Crippen molar-refractivity contribution >= 4 is 34.8 Å². The van der Waals surface area contributed by atoms with Gasteiger partial charge in [-0.1, -0.05) is 37.6 Å². The van der Waals surface area contributed by atoms with Gasteiger partial charge in [-0.2, -0.15) is 0 Å². The largest absolute Gasteiger partial charge is 0.348 e. The molecule has 0 spiro atoms. The number of nitrogens with zero attached hydrogens (tertiary/aromatic N) is 2. The Labute approximate surface area is 178 Å². The third-order valence-electron chi connectivity index (χ3n) is 4.30. The third-order valence-corrected chi connectivity index (χ3v) is 5.47. The molecule has 1 unspecified atom stereocenters. The van der Waals surface area contributed by atoms with Crippen LogP contribution in [0.25, 0.3) is 11.3 Å². The summed E-state index contributed by atoms with van der Waals surface area (Å²) in [6, 6.07) is 9.84. The first kappa shape index (κ1) is 21.0. The van der Waals surface area contributed by atoms with E-state index in [2.05, 4.69) is 20.6 Å². The van der Waals surface area contributed by atoms with Crippen molar-refractivity contribution in [3.8, 4) is 11.3 Å². The molecule has 0 aliphatic carbocycles. The number of halogens is 1. The standard InChI is InChI=1S/C21H21ClN4O2S/c1-13(2)19(26-20(27)15-5-3-4-6-16(15)22)21(28)24-11-18-25-17(12-29-18)14-7-9-23-10-8-14/h3-10,12-13,19H,11H2,1-2H3,(H,24,28)(H,26,27). The minimum atomic E-state index is -0.682. The Morgan fingerprint density at radius 3 is 2.55 bits per heavy atom. The lowest BCUT2D eigenvalue weighted by molar-refractivity contribution is -0.124. The summed E-state index contributed by atoms with van der Waals surface area (Å²) in [4.78, 5) is 33.8. The zero-order valence-corrected chi connectivity index (χ0v) is 17.6. The lowest BCUT2D eigenvalue weighted by Gasteiger charge is -2.21. The summed E-state index contributed by atoms with van der Waals surface area (Å²) in [6.45, 7) is 4.05. The van der Waals surface area contributed by atoms with Crippen LogP contribution < -0.4 is 10.6 Å². The number of pyridine rings is 1. The summed E-state index contributed by atoms with van der Waals surface area (Å²) in [5.41, 5.74) is 2.16. The second kappa shape index (κ2) is 9.62. The molecule has 1 aromatic carbocycles. The fourth-order valence-corrected chi connectivity index (χ4v) is 3.68. The topological polar surface area (TPSA) is 84.0 Å². The molecule has 2 aromatic heterocycles. The van der Waals surface area contributed by atoms with E-state index in [4.69, 9.17) is 11.6 Å². The van der Waals surface area contributed by atoms with Crippen LogP contribution in [0.1, 0.15) is 29.2 Å². The smallest absolute Gasteiger partial charge is 0.253 e. The van der Waals surface area contributed by atoms with Gasteiger partial charge in [0.25, 0.3) is 5.91 Å². The van der Waals surface area contributed by atoms with Crippen LogP contribution in [0, 0.1) is 5.92 Å². The van der Waals surface area contributed by atoms with Crippen LogP contribution in [0.5, 0.6) is 0 Å². The van der Waals surface area contributed by atoms with Gasteiger partial charge < -0.3 is 10.6 Å². The first-order chi connectivity index (χ1) is 14.0. The summed E-state index contributed by atoms with van der Waals surface area (Å²) in [5, 5.41) is 8.72.